The number of benzene rings is 2. The normalized spacial score (nSPS) is 18.6. The molecule has 2 unspecified atom stereocenters. The standard InChI is InChI=1S/C32H29N3O6/c1-40-24-11-10-22-27-29(20-6-3-4-7-21(20)30(27)38)34(32(39)28(22)31(24)41-2)13-12-25(36)33-15-18-14-19(17-33)23-8-5-9-26(37)35(23)16-18/h3-11,18-19H,12-17H2,1-2H3. The summed E-state index contributed by atoms with van der Waals surface area (Å²) in [6.45, 7) is 1.83. The summed E-state index contributed by atoms with van der Waals surface area (Å²) < 4.78 is 14.5. The van der Waals surface area contributed by atoms with E-state index in [1.807, 2.05) is 27.7 Å². The molecule has 2 bridgehead atoms. The maximum absolute atomic E-state index is 14.1. The van der Waals surface area contributed by atoms with Crippen LogP contribution in [0.2, 0.25) is 0 Å². The predicted octanol–water partition coefficient (Wildman–Crippen LogP) is 3.43. The van der Waals surface area contributed by atoms with Crippen molar-refractivity contribution in [3.8, 4) is 22.8 Å². The minimum Gasteiger partial charge on any atom is -0.493 e. The van der Waals surface area contributed by atoms with Gasteiger partial charge in [-0.2, -0.15) is 0 Å². The highest BCUT2D eigenvalue weighted by Gasteiger charge is 2.37. The summed E-state index contributed by atoms with van der Waals surface area (Å²) >= 11 is 0. The summed E-state index contributed by atoms with van der Waals surface area (Å²) in [5, 5.41) is 0.762. The number of aromatic nitrogens is 2. The number of ether oxygens (including phenoxy) is 2. The molecule has 2 aliphatic heterocycles. The molecule has 0 radical (unpaired) electrons. The van der Waals surface area contributed by atoms with Gasteiger partial charge in [-0.3, -0.25) is 19.2 Å². The Morgan fingerprint density at radius 3 is 2.49 bits per heavy atom. The van der Waals surface area contributed by atoms with Crippen molar-refractivity contribution >= 4 is 22.5 Å². The third kappa shape index (κ3) is 3.75. The van der Waals surface area contributed by atoms with Gasteiger partial charge in [0, 0.05) is 66.8 Å². The Balaban J connectivity index is 1.27. The summed E-state index contributed by atoms with van der Waals surface area (Å²) in [6, 6.07) is 16.0. The minimum absolute atomic E-state index is 0.00315. The smallest absolute Gasteiger partial charge is 0.262 e. The van der Waals surface area contributed by atoms with Crippen LogP contribution in [0.1, 0.15) is 40.4 Å². The number of amides is 1. The van der Waals surface area contributed by atoms with Crippen LogP contribution in [0.25, 0.3) is 22.0 Å². The van der Waals surface area contributed by atoms with Gasteiger partial charge in [0.1, 0.15) is 0 Å². The molecule has 1 aliphatic carbocycles. The molecule has 1 saturated heterocycles. The number of hydrogen-bond donors (Lipinski definition) is 0. The van der Waals surface area contributed by atoms with E-state index in [0.717, 1.165) is 12.1 Å². The topological polar surface area (TPSA) is 99.8 Å². The maximum atomic E-state index is 14.1. The Morgan fingerprint density at radius 2 is 1.71 bits per heavy atom. The summed E-state index contributed by atoms with van der Waals surface area (Å²) in [5.74, 6) is 0.753. The van der Waals surface area contributed by atoms with Gasteiger partial charge in [-0.25, -0.2) is 0 Å². The molecule has 4 heterocycles. The van der Waals surface area contributed by atoms with E-state index in [1.54, 1.807) is 41.0 Å². The quantitative estimate of drug-likeness (QED) is 0.332. The number of rotatable bonds is 5. The van der Waals surface area contributed by atoms with Gasteiger partial charge in [-0.1, -0.05) is 30.3 Å². The van der Waals surface area contributed by atoms with Crippen LogP contribution in [0.3, 0.4) is 0 Å². The molecule has 41 heavy (non-hydrogen) atoms. The fraction of sp³-hybridized carbons (Fsp3) is 0.312. The van der Waals surface area contributed by atoms with Crippen molar-refractivity contribution in [3.05, 3.63) is 92.1 Å². The lowest BCUT2D eigenvalue weighted by Gasteiger charge is -2.42. The monoisotopic (exact) mass is 551 g/mol. The second-order valence-electron chi connectivity index (χ2n) is 11.0. The number of nitrogens with zero attached hydrogens (tertiary/aromatic N) is 3. The fourth-order valence-electron chi connectivity index (χ4n) is 7.06. The zero-order chi connectivity index (χ0) is 28.4. The Bertz CT molecular complexity index is 1890. The summed E-state index contributed by atoms with van der Waals surface area (Å²) in [6.07, 6.45) is 1.05. The average molecular weight is 552 g/mol. The highest BCUT2D eigenvalue weighted by Crippen LogP contribution is 2.43. The van der Waals surface area contributed by atoms with Crippen LogP contribution in [-0.2, 0) is 17.9 Å². The highest BCUT2D eigenvalue weighted by atomic mass is 16.5. The predicted molar refractivity (Wildman–Crippen MR) is 153 cm³/mol. The van der Waals surface area contributed by atoms with Gasteiger partial charge in [-0.05, 0) is 30.5 Å². The van der Waals surface area contributed by atoms with Gasteiger partial charge in [0.2, 0.25) is 5.91 Å². The number of ketones is 1. The summed E-state index contributed by atoms with van der Waals surface area (Å²) in [5.41, 5.74) is 2.83. The molecular formula is C32H29N3O6. The molecule has 0 saturated carbocycles. The number of methoxy groups -OCH3 is 2. The number of hydrogen-bond acceptors (Lipinski definition) is 6. The molecule has 9 nitrogen and oxygen atoms in total. The molecule has 7 rings (SSSR count). The van der Waals surface area contributed by atoms with Crippen LogP contribution in [0.5, 0.6) is 11.5 Å². The second kappa shape index (κ2) is 9.47. The van der Waals surface area contributed by atoms with Crippen molar-refractivity contribution < 1.29 is 19.1 Å². The lowest BCUT2D eigenvalue weighted by molar-refractivity contribution is -0.134. The zero-order valence-electron chi connectivity index (χ0n) is 22.9. The number of likely N-dealkylation sites (tertiary alicyclic amines) is 1. The Morgan fingerprint density at radius 1 is 0.902 bits per heavy atom. The number of piperidine rings is 1. The first-order valence-corrected chi connectivity index (χ1v) is 13.8. The van der Waals surface area contributed by atoms with Crippen molar-refractivity contribution in [2.24, 2.45) is 5.92 Å². The molecule has 1 fully saturated rings. The van der Waals surface area contributed by atoms with E-state index in [4.69, 9.17) is 9.47 Å². The first kappa shape index (κ1) is 25.3. The molecule has 208 valence electrons. The Kier molecular flexibility index (Phi) is 5.85. The largest absolute Gasteiger partial charge is 0.493 e. The molecule has 0 spiro atoms. The van der Waals surface area contributed by atoms with Crippen LogP contribution < -0.4 is 20.6 Å². The van der Waals surface area contributed by atoms with Crippen molar-refractivity contribution in [3.63, 3.8) is 0 Å². The first-order valence-electron chi connectivity index (χ1n) is 13.8. The van der Waals surface area contributed by atoms with Gasteiger partial charge >= 0.3 is 0 Å². The highest BCUT2D eigenvalue weighted by molar-refractivity contribution is 6.27. The molecule has 1 amide bonds. The van der Waals surface area contributed by atoms with Gasteiger partial charge in [0.15, 0.2) is 17.3 Å². The van der Waals surface area contributed by atoms with Crippen LogP contribution in [-0.4, -0.2) is 53.0 Å². The van der Waals surface area contributed by atoms with Crippen molar-refractivity contribution in [1.29, 1.82) is 0 Å². The van der Waals surface area contributed by atoms with Crippen molar-refractivity contribution in [2.45, 2.75) is 31.8 Å². The van der Waals surface area contributed by atoms with Crippen LogP contribution in [0.15, 0.2) is 64.2 Å². The molecule has 3 aliphatic rings. The number of pyridine rings is 2. The SMILES string of the molecule is COc1ccc2c3c(n(CCC(=O)N4CC5CC(C4)c4cccc(=O)n4C5)c(=O)c2c1OC)-c1ccccc1C3=O. The van der Waals surface area contributed by atoms with Gasteiger partial charge in [0.25, 0.3) is 11.1 Å². The van der Waals surface area contributed by atoms with Crippen molar-refractivity contribution in [1.82, 2.24) is 14.0 Å². The second-order valence-corrected chi connectivity index (χ2v) is 11.0. The van der Waals surface area contributed by atoms with Crippen LogP contribution >= 0.6 is 0 Å². The van der Waals surface area contributed by atoms with Gasteiger partial charge < -0.3 is 23.5 Å². The molecule has 9 heteroatoms. The van der Waals surface area contributed by atoms with E-state index in [0.29, 0.717) is 53.2 Å². The third-order valence-corrected chi connectivity index (χ3v) is 8.82. The lowest BCUT2D eigenvalue weighted by atomic mass is 9.83. The number of carbonyl (C=O) groups is 2. The van der Waals surface area contributed by atoms with Gasteiger partial charge in [0.05, 0.1) is 30.9 Å². The molecule has 2 aromatic carbocycles. The van der Waals surface area contributed by atoms with Crippen LogP contribution in [0, 0.1) is 5.92 Å². The first-order chi connectivity index (χ1) is 19.9. The van der Waals surface area contributed by atoms with E-state index in [-0.39, 0.29) is 58.7 Å². The number of fused-ring (bicyclic) bond motifs is 9. The third-order valence-electron chi connectivity index (χ3n) is 8.82. The summed E-state index contributed by atoms with van der Waals surface area (Å²) in [7, 11) is 2.96. The molecule has 2 aromatic heterocycles. The fourth-order valence-corrected chi connectivity index (χ4v) is 7.06. The molecule has 0 N–H and O–H groups in total. The summed E-state index contributed by atoms with van der Waals surface area (Å²) in [4.78, 5) is 55.7. The molecular weight excluding hydrogens is 522 g/mol. The van der Waals surface area contributed by atoms with Crippen molar-refractivity contribution in [2.75, 3.05) is 27.3 Å². The molecule has 4 aromatic rings. The van der Waals surface area contributed by atoms with E-state index >= 15 is 0 Å². The Hall–Kier alpha value is -4.66. The van der Waals surface area contributed by atoms with E-state index < -0.39 is 0 Å². The number of carbonyl (C=O) groups excluding carboxylic acids is 2. The van der Waals surface area contributed by atoms with Crippen LogP contribution in [0.4, 0.5) is 0 Å². The van der Waals surface area contributed by atoms with E-state index in [1.165, 1.54) is 14.2 Å². The lowest BCUT2D eigenvalue weighted by Crippen LogP contribution is -2.49. The van der Waals surface area contributed by atoms with E-state index in [2.05, 4.69) is 0 Å². The maximum Gasteiger partial charge on any atom is 0.262 e. The molecule has 2 atom stereocenters. The zero-order valence-corrected chi connectivity index (χ0v) is 22.9. The average Bonchev–Trinajstić information content (AvgIpc) is 3.28. The van der Waals surface area contributed by atoms with E-state index in [9.17, 15) is 19.2 Å². The minimum atomic E-state index is -0.337. The van der Waals surface area contributed by atoms with Gasteiger partial charge in [-0.15, -0.1) is 0 Å². The Labute approximate surface area is 235 Å².